The second-order valence-corrected chi connectivity index (χ2v) is 11.9. The molecule has 2 heteroatoms. The Bertz CT molecular complexity index is 2050. The highest BCUT2D eigenvalue weighted by atomic mass is 16.5. The van der Waals surface area contributed by atoms with Gasteiger partial charge in [0.1, 0.15) is 11.5 Å². The van der Waals surface area contributed by atoms with Gasteiger partial charge in [0.05, 0.1) is 6.04 Å². The molecule has 0 spiro atoms. The van der Waals surface area contributed by atoms with Crippen LogP contribution in [0, 0.1) is 0 Å². The summed E-state index contributed by atoms with van der Waals surface area (Å²) >= 11 is 0. The number of hydrogen-bond donors (Lipinski definition) is 0. The Labute approximate surface area is 260 Å². The monoisotopic (exact) mass is 571 g/mol. The molecule has 1 aliphatic carbocycles. The summed E-state index contributed by atoms with van der Waals surface area (Å²) in [4.78, 5) is 2.48. The van der Waals surface area contributed by atoms with E-state index in [1.165, 1.54) is 60.7 Å². The number of fused-ring (bicyclic) bond motifs is 5. The van der Waals surface area contributed by atoms with Crippen LogP contribution in [0.1, 0.15) is 47.6 Å². The molecule has 0 aromatic heterocycles. The number of ether oxygens (including phenoxy) is 1. The van der Waals surface area contributed by atoms with E-state index in [0.717, 1.165) is 23.5 Å². The fourth-order valence-corrected chi connectivity index (χ4v) is 7.14. The van der Waals surface area contributed by atoms with Crippen LogP contribution in [-0.2, 0) is 6.42 Å². The maximum Gasteiger partial charge on any atom is 0.131 e. The highest BCUT2D eigenvalue weighted by Crippen LogP contribution is 2.49. The zero-order valence-electron chi connectivity index (χ0n) is 25.7. The predicted molar refractivity (Wildman–Crippen MR) is 188 cm³/mol. The van der Waals surface area contributed by atoms with Crippen LogP contribution >= 0.6 is 0 Å². The second kappa shape index (κ2) is 11.2. The summed E-state index contributed by atoms with van der Waals surface area (Å²) in [7, 11) is 2.25. The van der Waals surface area contributed by atoms with Gasteiger partial charge >= 0.3 is 0 Å². The van der Waals surface area contributed by atoms with Crippen molar-refractivity contribution in [3.8, 4) is 16.9 Å². The number of rotatable bonds is 5. The molecule has 0 bridgehead atoms. The van der Waals surface area contributed by atoms with E-state index in [9.17, 15) is 0 Å². The number of anilines is 1. The third-order valence-electron chi connectivity index (χ3n) is 9.35. The molecule has 0 amide bonds. The Hall–Kier alpha value is -5.08. The van der Waals surface area contributed by atoms with Gasteiger partial charge in [-0.25, -0.2) is 0 Å². The van der Waals surface area contributed by atoms with Gasteiger partial charge in [0.2, 0.25) is 0 Å². The van der Waals surface area contributed by atoms with E-state index in [1.54, 1.807) is 6.08 Å². The third-order valence-corrected chi connectivity index (χ3v) is 9.35. The Balaban J connectivity index is 1.46. The van der Waals surface area contributed by atoms with Crippen molar-refractivity contribution in [2.75, 3.05) is 11.9 Å². The maximum atomic E-state index is 6.44. The normalized spacial score (nSPS) is 20.1. The van der Waals surface area contributed by atoms with E-state index in [2.05, 4.69) is 142 Å². The lowest BCUT2D eigenvalue weighted by molar-refractivity contribution is 0.415. The molecule has 0 radical (unpaired) electrons. The molecular weight excluding hydrogens is 534 g/mol. The smallest absolute Gasteiger partial charge is 0.131 e. The summed E-state index contributed by atoms with van der Waals surface area (Å²) in [6, 6.07) is 28.7. The van der Waals surface area contributed by atoms with Crippen molar-refractivity contribution in [1.29, 1.82) is 0 Å². The van der Waals surface area contributed by atoms with E-state index in [0.29, 0.717) is 0 Å². The number of likely N-dealkylation sites (N-methyl/N-ethyl adjacent to an activating group) is 1. The molecule has 4 aromatic carbocycles. The molecule has 2 aliphatic heterocycles. The summed E-state index contributed by atoms with van der Waals surface area (Å²) in [6.45, 7) is 12.3. The van der Waals surface area contributed by atoms with Crippen molar-refractivity contribution in [1.82, 2.24) is 0 Å². The van der Waals surface area contributed by atoms with Gasteiger partial charge in [-0.15, -0.1) is 0 Å². The minimum atomic E-state index is 0.261. The largest absolute Gasteiger partial charge is 0.457 e. The zero-order valence-corrected chi connectivity index (χ0v) is 25.7. The quantitative estimate of drug-likeness (QED) is 0.222. The van der Waals surface area contributed by atoms with Crippen molar-refractivity contribution in [3.63, 3.8) is 0 Å². The molecule has 2 nitrogen and oxygen atoms in total. The highest BCUT2D eigenvalue weighted by molar-refractivity contribution is 5.94. The zero-order chi connectivity index (χ0) is 30.4. The Morgan fingerprint density at radius 2 is 1.66 bits per heavy atom. The number of nitrogens with zero attached hydrogens (tertiary/aromatic N) is 1. The van der Waals surface area contributed by atoms with Crippen LogP contribution < -0.4 is 20.1 Å². The lowest BCUT2D eigenvalue weighted by Gasteiger charge is -2.26. The molecule has 0 saturated heterocycles. The van der Waals surface area contributed by atoms with Crippen LogP contribution in [0.25, 0.3) is 41.0 Å². The summed E-state index contributed by atoms with van der Waals surface area (Å²) in [5.74, 6) is 2.05. The number of benzene rings is 4. The average Bonchev–Trinajstić information content (AvgIpc) is 3.33. The number of hydrogen-bond acceptors (Lipinski definition) is 2. The van der Waals surface area contributed by atoms with Gasteiger partial charge in [-0.3, -0.25) is 0 Å². The third kappa shape index (κ3) is 4.59. The van der Waals surface area contributed by atoms with Gasteiger partial charge in [0, 0.05) is 36.2 Å². The molecule has 2 atom stereocenters. The fourth-order valence-electron chi connectivity index (χ4n) is 7.14. The van der Waals surface area contributed by atoms with Crippen LogP contribution in [-0.4, -0.2) is 13.1 Å². The fraction of sp³-hybridized carbons (Fsp3) is 0.143. The highest BCUT2D eigenvalue weighted by Gasteiger charge is 2.37. The van der Waals surface area contributed by atoms with E-state index in [4.69, 9.17) is 4.74 Å². The molecule has 0 fully saturated rings. The average molecular weight is 572 g/mol. The summed E-state index contributed by atoms with van der Waals surface area (Å²) in [5, 5.41) is 2.61. The molecule has 0 saturated carbocycles. The van der Waals surface area contributed by atoms with Gasteiger partial charge in [-0.2, -0.15) is 0 Å². The molecule has 3 aliphatic rings. The molecule has 4 aromatic rings. The summed E-state index contributed by atoms with van der Waals surface area (Å²) < 4.78 is 6.44. The van der Waals surface area contributed by atoms with E-state index in [-0.39, 0.29) is 12.0 Å². The van der Waals surface area contributed by atoms with Gasteiger partial charge in [-0.05, 0) is 87.5 Å². The summed E-state index contributed by atoms with van der Waals surface area (Å²) in [5.41, 5.74) is 12.3. The van der Waals surface area contributed by atoms with Crippen molar-refractivity contribution in [2.45, 2.75) is 32.2 Å². The molecule has 7 rings (SSSR count). The second-order valence-electron chi connectivity index (χ2n) is 11.9. The molecular formula is C42H37NO. The minimum Gasteiger partial charge on any atom is -0.457 e. The van der Waals surface area contributed by atoms with Crippen molar-refractivity contribution >= 4 is 35.6 Å². The maximum absolute atomic E-state index is 6.44. The first-order valence-corrected chi connectivity index (χ1v) is 15.4. The standard InChI is InChI=1S/C42H37NO/c1-6-14-40-29(8-3)22-37-34(19-13-20-41(37)44-40)33-24-35(27(4)21-30-16-10-9-15-28(30)7-2)42-38(25-33)36-23-31-17-11-12-18-32(31)26-39(36)43(42)5/h6-21,23-26,36,39H,1-2,22H2,3-5H3/b27-21+,29-8-,40-14+. The predicted octanol–water partition coefficient (Wildman–Crippen LogP) is 8.69. The lowest BCUT2D eigenvalue weighted by Crippen LogP contribution is -2.38. The van der Waals surface area contributed by atoms with E-state index < -0.39 is 0 Å². The Morgan fingerprint density at radius 3 is 2.41 bits per heavy atom. The first kappa shape index (κ1) is 27.7. The molecule has 216 valence electrons. The summed E-state index contributed by atoms with van der Waals surface area (Å²) in [6.07, 6.45) is 15.9. The van der Waals surface area contributed by atoms with E-state index in [1.807, 2.05) is 12.2 Å². The molecule has 0 N–H and O–H groups in total. The van der Waals surface area contributed by atoms with Crippen LogP contribution in [0.15, 0.2) is 122 Å². The van der Waals surface area contributed by atoms with Crippen molar-refractivity contribution < 1.29 is 4.74 Å². The molecule has 2 unspecified atom stereocenters. The first-order valence-electron chi connectivity index (χ1n) is 15.4. The Morgan fingerprint density at radius 1 is 0.909 bits per heavy atom. The van der Waals surface area contributed by atoms with Crippen LogP contribution in [0.4, 0.5) is 5.69 Å². The molecule has 2 heterocycles. The lowest BCUT2D eigenvalue weighted by atomic mass is 9.84. The van der Waals surface area contributed by atoms with Gasteiger partial charge in [0.15, 0.2) is 0 Å². The van der Waals surface area contributed by atoms with Crippen LogP contribution in [0.5, 0.6) is 5.75 Å². The Kier molecular flexibility index (Phi) is 7.06. The minimum absolute atomic E-state index is 0.261. The number of allylic oxidation sites excluding steroid dienone is 5. The van der Waals surface area contributed by atoms with Crippen molar-refractivity contribution in [2.24, 2.45) is 0 Å². The van der Waals surface area contributed by atoms with E-state index >= 15 is 0 Å². The van der Waals surface area contributed by atoms with Gasteiger partial charge in [0.25, 0.3) is 0 Å². The van der Waals surface area contributed by atoms with Gasteiger partial charge in [-0.1, -0.05) is 110 Å². The van der Waals surface area contributed by atoms with Crippen LogP contribution in [0.2, 0.25) is 0 Å². The SMILES string of the molecule is C=C/C=C1/Oc2cccc(-c3cc(/C(C)=C/c4ccccc4C=C)c4c(c3)C3C=c5ccccc5=CC3N4C)c2C/C1=C/C. The van der Waals surface area contributed by atoms with Crippen LogP contribution in [0.3, 0.4) is 0 Å². The van der Waals surface area contributed by atoms with Crippen molar-refractivity contribution in [3.05, 3.63) is 160 Å². The molecule has 44 heavy (non-hydrogen) atoms. The van der Waals surface area contributed by atoms with Gasteiger partial charge < -0.3 is 9.64 Å². The first-order chi connectivity index (χ1) is 21.5. The topological polar surface area (TPSA) is 12.5 Å².